The standard InChI is InChI=1S/C18H18O4/c1-4-5-6-7-8-9-10-11-12-13-18(22-17(3)20)14-15-21-16(2)19/h10-13,18H,14-15H2,1-3H3/b11-10-,13-12+/t18-/m1/s1. The van der Waals surface area contributed by atoms with Crippen LogP contribution < -0.4 is 0 Å². The molecule has 0 saturated carbocycles. The van der Waals surface area contributed by atoms with Gasteiger partial charge in [0.1, 0.15) is 6.10 Å². The summed E-state index contributed by atoms with van der Waals surface area (Å²) in [5, 5.41) is 0. The third kappa shape index (κ3) is 13.5. The average molecular weight is 298 g/mol. The third-order valence-corrected chi connectivity index (χ3v) is 2.03. The lowest BCUT2D eigenvalue weighted by Gasteiger charge is -2.12. The van der Waals surface area contributed by atoms with Crippen LogP contribution in [0.2, 0.25) is 0 Å². The van der Waals surface area contributed by atoms with Gasteiger partial charge in [0.2, 0.25) is 0 Å². The van der Waals surface area contributed by atoms with Crippen LogP contribution in [0.4, 0.5) is 0 Å². The predicted molar refractivity (Wildman–Crippen MR) is 84.1 cm³/mol. The molecule has 0 aromatic carbocycles. The molecule has 0 rings (SSSR count). The summed E-state index contributed by atoms with van der Waals surface area (Å²) in [5.41, 5.74) is 0. The quantitative estimate of drug-likeness (QED) is 0.428. The molecule has 0 unspecified atom stereocenters. The molecule has 1 atom stereocenters. The van der Waals surface area contributed by atoms with Crippen LogP contribution >= 0.6 is 0 Å². The van der Waals surface area contributed by atoms with E-state index < -0.39 is 12.1 Å². The summed E-state index contributed by atoms with van der Waals surface area (Å²) >= 11 is 0. The van der Waals surface area contributed by atoms with Gasteiger partial charge in [0.25, 0.3) is 0 Å². The Hall–Kier alpha value is -2.90. The zero-order chi connectivity index (χ0) is 16.6. The molecule has 0 aliphatic heterocycles. The molecule has 0 N–H and O–H groups in total. The van der Waals surface area contributed by atoms with E-state index in [0.717, 1.165) is 0 Å². The second-order valence-electron chi connectivity index (χ2n) is 3.91. The topological polar surface area (TPSA) is 52.6 Å². The number of hydrogen-bond donors (Lipinski definition) is 0. The number of hydrogen-bond acceptors (Lipinski definition) is 4. The van der Waals surface area contributed by atoms with Gasteiger partial charge in [-0.2, -0.15) is 0 Å². The van der Waals surface area contributed by atoms with Gasteiger partial charge in [-0.3, -0.25) is 9.59 Å². The second kappa shape index (κ2) is 13.1. The third-order valence-electron chi connectivity index (χ3n) is 2.03. The SMILES string of the molecule is CC#CC#CC#C/C=C\C=C\[C@H](CCOC(C)=O)OC(C)=O. The van der Waals surface area contributed by atoms with Crippen LogP contribution in [-0.4, -0.2) is 24.6 Å². The number of ether oxygens (including phenoxy) is 2. The van der Waals surface area contributed by atoms with Gasteiger partial charge < -0.3 is 9.47 Å². The Morgan fingerprint density at radius 1 is 1.05 bits per heavy atom. The van der Waals surface area contributed by atoms with Crippen molar-refractivity contribution >= 4 is 11.9 Å². The van der Waals surface area contributed by atoms with E-state index in [1.807, 2.05) is 0 Å². The van der Waals surface area contributed by atoms with Crippen LogP contribution in [0.25, 0.3) is 0 Å². The minimum absolute atomic E-state index is 0.190. The Morgan fingerprint density at radius 3 is 2.41 bits per heavy atom. The first kappa shape index (κ1) is 19.1. The molecule has 0 bridgehead atoms. The predicted octanol–water partition coefficient (Wildman–Crippen LogP) is 2.01. The highest BCUT2D eigenvalue weighted by Gasteiger charge is 2.08. The Bertz CT molecular complexity index is 607. The van der Waals surface area contributed by atoms with Crippen LogP contribution in [-0.2, 0) is 19.1 Å². The van der Waals surface area contributed by atoms with Gasteiger partial charge in [0, 0.05) is 20.3 Å². The summed E-state index contributed by atoms with van der Waals surface area (Å²) in [5.74, 6) is 14.9. The first-order chi connectivity index (χ1) is 10.6. The van der Waals surface area contributed by atoms with E-state index in [2.05, 4.69) is 35.5 Å². The molecule has 0 fully saturated rings. The van der Waals surface area contributed by atoms with Crippen LogP contribution in [0.5, 0.6) is 0 Å². The molecular weight excluding hydrogens is 280 g/mol. The molecule has 0 amide bonds. The van der Waals surface area contributed by atoms with Crippen molar-refractivity contribution < 1.29 is 19.1 Å². The molecule has 0 aliphatic rings. The first-order valence-electron chi connectivity index (χ1n) is 6.62. The van der Waals surface area contributed by atoms with Crippen LogP contribution in [0.15, 0.2) is 24.3 Å². The van der Waals surface area contributed by atoms with E-state index in [1.54, 1.807) is 31.2 Å². The first-order valence-corrected chi connectivity index (χ1v) is 6.62. The van der Waals surface area contributed by atoms with Crippen molar-refractivity contribution in [1.82, 2.24) is 0 Å². The molecule has 22 heavy (non-hydrogen) atoms. The lowest BCUT2D eigenvalue weighted by Crippen LogP contribution is -2.17. The maximum atomic E-state index is 11.0. The molecule has 0 heterocycles. The molecule has 0 saturated heterocycles. The minimum Gasteiger partial charge on any atom is -0.466 e. The zero-order valence-corrected chi connectivity index (χ0v) is 12.9. The van der Waals surface area contributed by atoms with E-state index in [-0.39, 0.29) is 12.6 Å². The summed E-state index contributed by atoms with van der Waals surface area (Å²) < 4.78 is 9.89. The van der Waals surface area contributed by atoms with E-state index in [1.165, 1.54) is 13.8 Å². The Kier molecular flexibility index (Phi) is 11.4. The minimum atomic E-state index is -0.450. The van der Waals surface area contributed by atoms with Crippen molar-refractivity contribution in [2.45, 2.75) is 33.3 Å². The summed E-state index contributed by atoms with van der Waals surface area (Å²) in [6, 6.07) is 0. The smallest absolute Gasteiger partial charge is 0.303 e. The Labute approximate surface area is 131 Å². The fourth-order valence-electron chi connectivity index (χ4n) is 1.22. The Balaban J connectivity index is 4.38. The largest absolute Gasteiger partial charge is 0.466 e. The molecule has 4 nitrogen and oxygen atoms in total. The van der Waals surface area contributed by atoms with Crippen molar-refractivity contribution in [3.63, 3.8) is 0 Å². The molecule has 4 heteroatoms. The highest BCUT2D eigenvalue weighted by molar-refractivity contribution is 5.66. The molecule has 0 aromatic heterocycles. The van der Waals surface area contributed by atoms with Crippen LogP contribution in [0, 0.1) is 35.5 Å². The normalized spacial score (nSPS) is 10.5. The monoisotopic (exact) mass is 298 g/mol. The highest BCUT2D eigenvalue weighted by atomic mass is 16.6. The van der Waals surface area contributed by atoms with Gasteiger partial charge in [-0.05, 0) is 42.8 Å². The molecule has 0 aromatic rings. The van der Waals surface area contributed by atoms with E-state index in [4.69, 9.17) is 9.47 Å². The molecular formula is C18H18O4. The van der Waals surface area contributed by atoms with Gasteiger partial charge in [-0.15, -0.1) is 0 Å². The van der Waals surface area contributed by atoms with Gasteiger partial charge in [0.05, 0.1) is 6.61 Å². The van der Waals surface area contributed by atoms with Crippen molar-refractivity contribution in [2.75, 3.05) is 6.61 Å². The average Bonchev–Trinajstić information content (AvgIpc) is 2.44. The summed E-state index contributed by atoms with van der Waals surface area (Å²) in [7, 11) is 0. The molecule has 114 valence electrons. The van der Waals surface area contributed by atoms with Gasteiger partial charge in [0.15, 0.2) is 0 Å². The number of esters is 2. The summed E-state index contributed by atoms with van der Waals surface area (Å²) in [4.78, 5) is 21.7. The van der Waals surface area contributed by atoms with Gasteiger partial charge in [-0.25, -0.2) is 0 Å². The van der Waals surface area contributed by atoms with E-state index in [9.17, 15) is 9.59 Å². The van der Waals surface area contributed by atoms with Gasteiger partial charge in [-0.1, -0.05) is 24.0 Å². The van der Waals surface area contributed by atoms with Crippen molar-refractivity contribution in [3.8, 4) is 35.5 Å². The number of rotatable bonds is 6. The summed E-state index contributed by atoms with van der Waals surface area (Å²) in [6.45, 7) is 4.54. The van der Waals surface area contributed by atoms with Crippen LogP contribution in [0.3, 0.4) is 0 Å². The zero-order valence-electron chi connectivity index (χ0n) is 12.9. The maximum absolute atomic E-state index is 11.0. The van der Waals surface area contributed by atoms with E-state index >= 15 is 0 Å². The molecule has 0 spiro atoms. The highest BCUT2D eigenvalue weighted by Crippen LogP contribution is 2.02. The van der Waals surface area contributed by atoms with Crippen molar-refractivity contribution in [3.05, 3.63) is 24.3 Å². The molecule has 0 radical (unpaired) electrons. The lowest BCUT2D eigenvalue weighted by atomic mass is 10.2. The fourth-order valence-corrected chi connectivity index (χ4v) is 1.22. The van der Waals surface area contributed by atoms with Crippen LogP contribution in [0.1, 0.15) is 27.2 Å². The van der Waals surface area contributed by atoms with E-state index in [0.29, 0.717) is 6.42 Å². The fraction of sp³-hybridized carbons (Fsp3) is 0.333. The maximum Gasteiger partial charge on any atom is 0.303 e. The molecule has 0 aliphatic carbocycles. The Morgan fingerprint density at radius 2 is 1.77 bits per heavy atom. The van der Waals surface area contributed by atoms with Crippen molar-refractivity contribution in [2.24, 2.45) is 0 Å². The van der Waals surface area contributed by atoms with Gasteiger partial charge >= 0.3 is 11.9 Å². The summed E-state index contributed by atoms with van der Waals surface area (Å²) in [6.07, 6.45) is 6.65. The number of carbonyl (C=O) groups is 2. The van der Waals surface area contributed by atoms with Crippen molar-refractivity contribution in [1.29, 1.82) is 0 Å². The lowest BCUT2D eigenvalue weighted by molar-refractivity contribution is -0.146. The second-order valence-corrected chi connectivity index (χ2v) is 3.91. The number of carbonyl (C=O) groups excluding carboxylic acids is 2. The number of allylic oxidation sites excluding steroid dienone is 3.